The molecule has 7 nitrogen and oxygen atoms in total. The maximum Gasteiger partial charge on any atom is 0.158 e. The van der Waals surface area contributed by atoms with E-state index in [4.69, 9.17) is 10.6 Å². The van der Waals surface area contributed by atoms with Crippen molar-refractivity contribution in [3.05, 3.63) is 11.9 Å². The van der Waals surface area contributed by atoms with E-state index in [9.17, 15) is 5.11 Å². The number of nitrogens with two attached hydrogens (primary N) is 1. The van der Waals surface area contributed by atoms with Gasteiger partial charge in [-0.2, -0.15) is 0 Å². The fraction of sp³-hybridized carbons (Fsp3) is 0.667. The Kier molecular flexibility index (Phi) is 5.94. The largest absolute Gasteiger partial charge is 0.394 e. The minimum atomic E-state index is -0.384. The Balaban J connectivity index is 3.01. The third-order valence-electron chi connectivity index (χ3n) is 3.24. The number of rotatable bonds is 8. The number of hydrogen-bond donors (Lipinski definition) is 4. The topological polar surface area (TPSA) is 105 Å². The van der Waals surface area contributed by atoms with E-state index in [1.54, 1.807) is 13.2 Å². The smallest absolute Gasteiger partial charge is 0.158 e. The van der Waals surface area contributed by atoms with Gasteiger partial charge in [0.1, 0.15) is 18.2 Å². The first-order chi connectivity index (χ1) is 9.12. The predicted octanol–water partition coefficient (Wildman–Crippen LogP) is 0.872. The second-order valence-electron chi connectivity index (χ2n) is 4.40. The predicted molar refractivity (Wildman–Crippen MR) is 74.6 cm³/mol. The number of nitrogens with zero attached hydrogens (tertiary/aromatic N) is 2. The summed E-state index contributed by atoms with van der Waals surface area (Å²) in [7, 11) is 1.58. The highest BCUT2D eigenvalue weighted by molar-refractivity contribution is 5.48. The molecule has 0 aliphatic heterocycles. The lowest BCUT2D eigenvalue weighted by Crippen LogP contribution is -2.41. The fourth-order valence-corrected chi connectivity index (χ4v) is 1.79. The van der Waals surface area contributed by atoms with Crippen molar-refractivity contribution >= 4 is 11.6 Å². The molecule has 0 atom stereocenters. The summed E-state index contributed by atoms with van der Waals surface area (Å²) in [4.78, 5) is 8.52. The maximum atomic E-state index is 9.57. The van der Waals surface area contributed by atoms with Crippen molar-refractivity contribution < 1.29 is 9.84 Å². The van der Waals surface area contributed by atoms with Crippen LogP contribution in [-0.4, -0.2) is 34.3 Å². The lowest BCUT2D eigenvalue weighted by atomic mass is 9.94. The summed E-state index contributed by atoms with van der Waals surface area (Å²) in [6, 6.07) is 1.70. The Morgan fingerprint density at radius 3 is 2.42 bits per heavy atom. The molecule has 0 radical (unpaired) electrons. The van der Waals surface area contributed by atoms with Crippen molar-refractivity contribution in [3.8, 4) is 0 Å². The van der Waals surface area contributed by atoms with E-state index in [1.165, 1.54) is 0 Å². The number of anilines is 2. The van der Waals surface area contributed by atoms with Crippen LogP contribution in [0.25, 0.3) is 0 Å². The molecule has 0 aliphatic rings. The van der Waals surface area contributed by atoms with Crippen LogP contribution in [0.3, 0.4) is 0 Å². The van der Waals surface area contributed by atoms with E-state index in [1.807, 2.05) is 13.8 Å². The van der Waals surface area contributed by atoms with Crippen molar-refractivity contribution in [3.63, 3.8) is 0 Å². The van der Waals surface area contributed by atoms with Crippen LogP contribution in [0, 0.1) is 0 Å². The van der Waals surface area contributed by atoms with Crippen LogP contribution in [0.15, 0.2) is 6.07 Å². The molecule has 0 unspecified atom stereocenters. The van der Waals surface area contributed by atoms with Crippen molar-refractivity contribution in [1.82, 2.24) is 9.97 Å². The van der Waals surface area contributed by atoms with Gasteiger partial charge in [-0.05, 0) is 12.8 Å². The molecule has 0 spiro atoms. The van der Waals surface area contributed by atoms with Gasteiger partial charge >= 0.3 is 0 Å². The van der Waals surface area contributed by atoms with Crippen LogP contribution in [0.2, 0.25) is 0 Å². The Bertz CT molecular complexity index is 387. The van der Waals surface area contributed by atoms with Gasteiger partial charge in [0.05, 0.1) is 12.1 Å². The Morgan fingerprint density at radius 1 is 1.32 bits per heavy atom. The SMILES string of the molecule is CCC(CC)(CO)Nc1cc(NN)nc(COC)n1. The Morgan fingerprint density at radius 2 is 1.95 bits per heavy atom. The number of ether oxygens (including phenoxy) is 1. The van der Waals surface area contributed by atoms with Crippen LogP contribution in [-0.2, 0) is 11.3 Å². The van der Waals surface area contributed by atoms with Crippen LogP contribution >= 0.6 is 0 Å². The molecular formula is C12H23N5O2. The summed E-state index contributed by atoms with van der Waals surface area (Å²) in [5.41, 5.74) is 2.11. The maximum absolute atomic E-state index is 9.57. The minimum Gasteiger partial charge on any atom is -0.394 e. The van der Waals surface area contributed by atoms with Gasteiger partial charge in [0.2, 0.25) is 0 Å². The van der Waals surface area contributed by atoms with E-state index in [0.717, 1.165) is 12.8 Å². The van der Waals surface area contributed by atoms with E-state index in [2.05, 4.69) is 20.7 Å². The summed E-state index contributed by atoms with van der Waals surface area (Å²) in [5, 5.41) is 12.8. The van der Waals surface area contributed by atoms with Crippen LogP contribution < -0.4 is 16.6 Å². The zero-order valence-electron chi connectivity index (χ0n) is 11.7. The second-order valence-corrected chi connectivity index (χ2v) is 4.40. The van der Waals surface area contributed by atoms with Gasteiger partial charge in [-0.1, -0.05) is 13.8 Å². The molecule has 0 bridgehead atoms. The molecule has 0 amide bonds. The number of aromatic nitrogens is 2. The third kappa shape index (κ3) is 4.02. The molecule has 0 fully saturated rings. The van der Waals surface area contributed by atoms with Crippen LogP contribution in [0.4, 0.5) is 11.6 Å². The Labute approximate surface area is 113 Å². The monoisotopic (exact) mass is 269 g/mol. The molecular weight excluding hydrogens is 246 g/mol. The second kappa shape index (κ2) is 7.22. The average Bonchev–Trinajstić information content (AvgIpc) is 2.45. The minimum absolute atomic E-state index is 0.0367. The number of nitrogens with one attached hydrogen (secondary N) is 2. The van der Waals surface area contributed by atoms with Gasteiger partial charge in [0, 0.05) is 13.2 Å². The van der Waals surface area contributed by atoms with E-state index < -0.39 is 0 Å². The summed E-state index contributed by atoms with van der Waals surface area (Å²) in [5.74, 6) is 7.04. The van der Waals surface area contributed by atoms with Gasteiger partial charge in [0.25, 0.3) is 0 Å². The standard InChI is InChI=1S/C12H23N5O2/c1-4-12(5-2,8-18)16-9-6-10(17-13)15-11(14-9)7-19-3/h6,18H,4-5,7-8,13H2,1-3H3,(H2,14,15,16,17). The van der Waals surface area contributed by atoms with Crippen molar-refractivity contribution in [2.75, 3.05) is 24.5 Å². The van der Waals surface area contributed by atoms with E-state index in [0.29, 0.717) is 24.1 Å². The number of aliphatic hydroxyl groups is 1. The van der Waals surface area contributed by atoms with Crippen LogP contribution in [0.1, 0.15) is 32.5 Å². The molecule has 1 aromatic rings. The lowest BCUT2D eigenvalue weighted by Gasteiger charge is -2.31. The molecule has 0 saturated carbocycles. The van der Waals surface area contributed by atoms with E-state index in [-0.39, 0.29) is 12.1 Å². The number of methoxy groups -OCH3 is 1. The molecule has 5 N–H and O–H groups in total. The summed E-state index contributed by atoms with van der Waals surface area (Å²) in [6.45, 7) is 4.38. The highest BCUT2D eigenvalue weighted by Crippen LogP contribution is 2.22. The first kappa shape index (κ1) is 15.6. The van der Waals surface area contributed by atoms with Crippen molar-refractivity contribution in [1.29, 1.82) is 0 Å². The average molecular weight is 269 g/mol. The molecule has 108 valence electrons. The lowest BCUT2D eigenvalue weighted by molar-refractivity contribution is 0.177. The molecule has 7 heteroatoms. The molecule has 1 heterocycles. The van der Waals surface area contributed by atoms with E-state index >= 15 is 0 Å². The zero-order valence-corrected chi connectivity index (χ0v) is 11.7. The molecule has 1 rings (SSSR count). The molecule has 0 aromatic carbocycles. The van der Waals surface area contributed by atoms with Gasteiger partial charge in [0.15, 0.2) is 5.82 Å². The normalized spacial score (nSPS) is 11.4. The van der Waals surface area contributed by atoms with Gasteiger partial charge < -0.3 is 20.6 Å². The summed E-state index contributed by atoms with van der Waals surface area (Å²) < 4.78 is 5.02. The molecule has 19 heavy (non-hydrogen) atoms. The highest BCUT2D eigenvalue weighted by Gasteiger charge is 2.25. The van der Waals surface area contributed by atoms with Crippen LogP contribution in [0.5, 0.6) is 0 Å². The summed E-state index contributed by atoms with van der Waals surface area (Å²) >= 11 is 0. The molecule has 1 aromatic heterocycles. The number of nitrogen functional groups attached to an aromatic ring is 1. The number of hydrazine groups is 1. The first-order valence-corrected chi connectivity index (χ1v) is 6.35. The molecule has 0 saturated heterocycles. The Hall–Kier alpha value is -1.44. The third-order valence-corrected chi connectivity index (χ3v) is 3.24. The quantitative estimate of drug-likeness (QED) is 0.410. The number of aliphatic hydroxyl groups excluding tert-OH is 1. The number of hydrogen-bond acceptors (Lipinski definition) is 7. The van der Waals surface area contributed by atoms with Crippen molar-refractivity contribution in [2.24, 2.45) is 5.84 Å². The molecule has 0 aliphatic carbocycles. The van der Waals surface area contributed by atoms with Gasteiger partial charge in [-0.15, -0.1) is 0 Å². The summed E-state index contributed by atoms with van der Waals surface area (Å²) in [6.07, 6.45) is 1.57. The zero-order chi connectivity index (χ0) is 14.3. The first-order valence-electron chi connectivity index (χ1n) is 6.35. The van der Waals surface area contributed by atoms with Crippen molar-refractivity contribution in [2.45, 2.75) is 38.8 Å². The fourth-order valence-electron chi connectivity index (χ4n) is 1.79. The highest BCUT2D eigenvalue weighted by atomic mass is 16.5. The van der Waals surface area contributed by atoms with Gasteiger partial charge in [-0.25, -0.2) is 15.8 Å². The van der Waals surface area contributed by atoms with Gasteiger partial charge in [-0.3, -0.25) is 0 Å².